The summed E-state index contributed by atoms with van der Waals surface area (Å²) in [5.74, 6) is -0.852. The van der Waals surface area contributed by atoms with Gasteiger partial charge in [0.1, 0.15) is 6.04 Å². The molecule has 0 aromatic heterocycles. The molecule has 0 spiro atoms. The van der Waals surface area contributed by atoms with Gasteiger partial charge in [0.2, 0.25) is 0 Å². The fourth-order valence-electron chi connectivity index (χ4n) is 1.61. The molecule has 0 saturated carbocycles. The molecule has 0 aromatic carbocycles. The van der Waals surface area contributed by atoms with Crippen molar-refractivity contribution in [2.24, 2.45) is 5.41 Å². The normalized spacial score (nSPS) is 22.7. The zero-order valence-corrected chi connectivity index (χ0v) is 9.77. The summed E-state index contributed by atoms with van der Waals surface area (Å²) in [7, 11) is 0. The molecule has 0 bridgehead atoms. The van der Waals surface area contributed by atoms with Gasteiger partial charge in [-0.15, -0.1) is 0 Å². The van der Waals surface area contributed by atoms with Crippen molar-refractivity contribution in [1.82, 2.24) is 4.90 Å². The van der Waals surface area contributed by atoms with Crippen molar-refractivity contribution in [3.05, 3.63) is 0 Å². The van der Waals surface area contributed by atoms with E-state index in [9.17, 15) is 4.79 Å². The molecule has 1 atom stereocenters. The first-order chi connectivity index (χ1) is 7.46. The minimum absolute atomic E-state index is 0.238. The largest absolute Gasteiger partial charge is 0.480 e. The van der Waals surface area contributed by atoms with Crippen LogP contribution in [0, 0.1) is 16.7 Å². The van der Waals surface area contributed by atoms with E-state index in [-0.39, 0.29) is 6.61 Å². The van der Waals surface area contributed by atoms with Crippen LogP contribution in [-0.4, -0.2) is 48.3 Å². The van der Waals surface area contributed by atoms with Crippen LogP contribution in [0.3, 0.4) is 0 Å². The summed E-state index contributed by atoms with van der Waals surface area (Å²) in [5, 5.41) is 17.9. The Bertz CT molecular complexity index is 296. The Hall–Kier alpha value is -1.12. The minimum Gasteiger partial charge on any atom is -0.480 e. The quantitative estimate of drug-likeness (QED) is 0.764. The minimum atomic E-state index is -0.852. The average Bonchev–Trinajstić information content (AvgIpc) is 2.27. The lowest BCUT2D eigenvalue weighted by atomic mass is 9.91. The van der Waals surface area contributed by atoms with Crippen molar-refractivity contribution < 1.29 is 14.6 Å². The highest BCUT2D eigenvalue weighted by Crippen LogP contribution is 2.20. The van der Waals surface area contributed by atoms with E-state index in [2.05, 4.69) is 6.07 Å². The molecule has 0 amide bonds. The topological polar surface area (TPSA) is 73.6 Å². The molecule has 0 radical (unpaired) electrons. The van der Waals surface area contributed by atoms with E-state index in [0.29, 0.717) is 26.1 Å². The van der Waals surface area contributed by atoms with E-state index < -0.39 is 17.4 Å². The molecule has 5 nitrogen and oxygen atoms in total. The Morgan fingerprint density at radius 3 is 2.94 bits per heavy atom. The summed E-state index contributed by atoms with van der Waals surface area (Å²) in [6, 6.07) is 1.65. The van der Waals surface area contributed by atoms with Crippen LogP contribution >= 0.6 is 0 Å². The second-order valence-electron chi connectivity index (χ2n) is 4.71. The number of aliphatic carboxylic acids is 1. The van der Waals surface area contributed by atoms with E-state index in [4.69, 9.17) is 15.1 Å². The van der Waals surface area contributed by atoms with Crippen LogP contribution in [0.1, 0.15) is 20.3 Å². The van der Waals surface area contributed by atoms with Gasteiger partial charge in [-0.2, -0.15) is 5.26 Å². The smallest absolute Gasteiger partial charge is 0.323 e. The molecule has 1 aliphatic heterocycles. The first-order valence-corrected chi connectivity index (χ1v) is 5.42. The second-order valence-corrected chi connectivity index (χ2v) is 4.71. The van der Waals surface area contributed by atoms with Crippen molar-refractivity contribution >= 4 is 5.97 Å². The molecule has 5 heteroatoms. The third-order valence-electron chi connectivity index (χ3n) is 2.85. The maximum atomic E-state index is 11.0. The van der Waals surface area contributed by atoms with Gasteiger partial charge in [0, 0.05) is 13.1 Å². The molecule has 16 heavy (non-hydrogen) atoms. The number of nitrogens with zero attached hydrogens (tertiary/aromatic N) is 2. The summed E-state index contributed by atoms with van der Waals surface area (Å²) in [4.78, 5) is 12.9. The van der Waals surface area contributed by atoms with Gasteiger partial charge >= 0.3 is 5.97 Å². The van der Waals surface area contributed by atoms with E-state index >= 15 is 0 Å². The Kier molecular flexibility index (Phi) is 4.27. The van der Waals surface area contributed by atoms with Crippen molar-refractivity contribution in [1.29, 1.82) is 5.26 Å². The van der Waals surface area contributed by atoms with Crippen LogP contribution in [-0.2, 0) is 9.53 Å². The SMILES string of the molecule is CC(C)(C#N)CCN1CCOCC1C(=O)O. The fourth-order valence-corrected chi connectivity index (χ4v) is 1.61. The summed E-state index contributed by atoms with van der Waals surface area (Å²) in [6.45, 7) is 5.78. The van der Waals surface area contributed by atoms with Gasteiger partial charge in [0.15, 0.2) is 0 Å². The fraction of sp³-hybridized carbons (Fsp3) is 0.818. The third-order valence-corrected chi connectivity index (χ3v) is 2.85. The molecule has 90 valence electrons. The maximum Gasteiger partial charge on any atom is 0.323 e. The van der Waals surface area contributed by atoms with Gasteiger partial charge < -0.3 is 9.84 Å². The van der Waals surface area contributed by atoms with E-state index in [0.717, 1.165) is 0 Å². The van der Waals surface area contributed by atoms with Crippen molar-refractivity contribution in [3.8, 4) is 6.07 Å². The Morgan fingerprint density at radius 2 is 2.38 bits per heavy atom. The van der Waals surface area contributed by atoms with Gasteiger partial charge in [0.05, 0.1) is 24.7 Å². The van der Waals surface area contributed by atoms with E-state index in [1.807, 2.05) is 18.7 Å². The highest BCUT2D eigenvalue weighted by atomic mass is 16.5. The van der Waals surface area contributed by atoms with Gasteiger partial charge in [-0.3, -0.25) is 9.69 Å². The molecular weight excluding hydrogens is 208 g/mol. The highest BCUT2D eigenvalue weighted by Gasteiger charge is 2.30. The molecule has 1 N–H and O–H groups in total. The lowest BCUT2D eigenvalue weighted by Crippen LogP contribution is -2.50. The number of hydrogen-bond donors (Lipinski definition) is 1. The Balaban J connectivity index is 2.51. The van der Waals surface area contributed by atoms with Crippen molar-refractivity contribution in [2.45, 2.75) is 26.3 Å². The lowest BCUT2D eigenvalue weighted by molar-refractivity contribution is -0.149. The van der Waals surface area contributed by atoms with Gasteiger partial charge in [0.25, 0.3) is 0 Å². The zero-order valence-electron chi connectivity index (χ0n) is 9.77. The van der Waals surface area contributed by atoms with Gasteiger partial charge in [-0.25, -0.2) is 0 Å². The molecule has 1 saturated heterocycles. The van der Waals surface area contributed by atoms with Crippen LogP contribution in [0.25, 0.3) is 0 Å². The zero-order chi connectivity index (χ0) is 12.2. The Morgan fingerprint density at radius 1 is 1.69 bits per heavy atom. The number of carbonyl (C=O) groups is 1. The number of rotatable bonds is 4. The molecule has 1 aliphatic rings. The predicted molar refractivity (Wildman–Crippen MR) is 57.8 cm³/mol. The first-order valence-electron chi connectivity index (χ1n) is 5.42. The van der Waals surface area contributed by atoms with Crippen LogP contribution in [0.2, 0.25) is 0 Å². The van der Waals surface area contributed by atoms with Crippen LogP contribution in [0.4, 0.5) is 0 Å². The third kappa shape index (κ3) is 3.47. The number of morpholine rings is 1. The standard InChI is InChI=1S/C11H18N2O3/c1-11(2,8-12)3-4-13-5-6-16-7-9(13)10(14)15/h9H,3-7H2,1-2H3,(H,14,15). The highest BCUT2D eigenvalue weighted by molar-refractivity contribution is 5.73. The molecule has 1 unspecified atom stereocenters. The number of carboxylic acids is 1. The molecule has 0 aromatic rings. The van der Waals surface area contributed by atoms with E-state index in [1.165, 1.54) is 0 Å². The van der Waals surface area contributed by atoms with Crippen molar-refractivity contribution in [3.63, 3.8) is 0 Å². The Labute approximate surface area is 95.6 Å². The number of hydrogen-bond acceptors (Lipinski definition) is 4. The summed E-state index contributed by atoms with van der Waals surface area (Å²) in [5.41, 5.74) is -0.401. The number of ether oxygens (including phenoxy) is 1. The van der Waals surface area contributed by atoms with Crippen LogP contribution < -0.4 is 0 Å². The van der Waals surface area contributed by atoms with Crippen molar-refractivity contribution in [2.75, 3.05) is 26.3 Å². The molecule has 1 heterocycles. The molecule has 0 aliphatic carbocycles. The van der Waals surface area contributed by atoms with Crippen LogP contribution in [0.15, 0.2) is 0 Å². The summed E-state index contributed by atoms with van der Waals surface area (Å²) in [6.07, 6.45) is 0.674. The predicted octanol–water partition coefficient (Wildman–Crippen LogP) is 0.712. The number of carboxylic acid groups (broad SMARTS) is 1. The number of nitriles is 1. The summed E-state index contributed by atoms with van der Waals surface area (Å²) < 4.78 is 5.14. The maximum absolute atomic E-state index is 11.0. The molecule has 1 rings (SSSR count). The van der Waals surface area contributed by atoms with E-state index in [1.54, 1.807) is 0 Å². The summed E-state index contributed by atoms with van der Waals surface area (Å²) >= 11 is 0. The first kappa shape index (κ1) is 12.9. The lowest BCUT2D eigenvalue weighted by Gasteiger charge is -2.34. The van der Waals surface area contributed by atoms with Crippen LogP contribution in [0.5, 0.6) is 0 Å². The molecule has 1 fully saturated rings. The van der Waals surface area contributed by atoms with Gasteiger partial charge in [-0.05, 0) is 20.3 Å². The molecular formula is C11H18N2O3. The average molecular weight is 226 g/mol. The second kappa shape index (κ2) is 5.28. The monoisotopic (exact) mass is 226 g/mol. The van der Waals surface area contributed by atoms with Gasteiger partial charge in [-0.1, -0.05) is 0 Å².